The molecule has 0 spiro atoms. The predicted octanol–water partition coefficient (Wildman–Crippen LogP) is 3.53. The Labute approximate surface area is 176 Å². The summed E-state index contributed by atoms with van der Waals surface area (Å²) in [7, 11) is 0. The molecule has 2 aromatic rings. The van der Waals surface area contributed by atoms with Gasteiger partial charge in [-0.3, -0.25) is 9.89 Å². The monoisotopic (exact) mass is 443 g/mol. The lowest BCUT2D eigenvalue weighted by Crippen LogP contribution is -2.36. The van der Waals surface area contributed by atoms with Crippen molar-refractivity contribution in [3.8, 4) is 0 Å². The molecule has 1 aliphatic carbocycles. The number of anilines is 1. The third-order valence-electron chi connectivity index (χ3n) is 5.03. The molecule has 1 aliphatic rings. The van der Waals surface area contributed by atoms with Crippen LogP contribution in [0.1, 0.15) is 49.9 Å². The molecule has 2 aromatic heterocycles. The highest BCUT2D eigenvalue weighted by molar-refractivity contribution is 5.91. The van der Waals surface area contributed by atoms with Crippen molar-refractivity contribution in [1.29, 1.82) is 0 Å². The van der Waals surface area contributed by atoms with Crippen molar-refractivity contribution in [2.24, 2.45) is 5.92 Å². The number of nitrogens with zero attached hydrogens (tertiary/aromatic N) is 2. The second-order valence-electron chi connectivity index (χ2n) is 7.76. The van der Waals surface area contributed by atoms with Crippen LogP contribution in [-0.4, -0.2) is 46.2 Å². The first-order valence-corrected chi connectivity index (χ1v) is 9.92. The molecule has 3 N–H and O–H groups in total. The van der Waals surface area contributed by atoms with Crippen molar-refractivity contribution in [3.63, 3.8) is 0 Å². The molecule has 1 fully saturated rings. The first kappa shape index (κ1) is 22.6. The lowest BCUT2D eigenvalue weighted by Gasteiger charge is -2.17. The van der Waals surface area contributed by atoms with Crippen molar-refractivity contribution in [3.05, 3.63) is 29.8 Å². The van der Waals surface area contributed by atoms with Gasteiger partial charge in [-0.1, -0.05) is 5.16 Å². The van der Waals surface area contributed by atoms with E-state index in [1.807, 2.05) is 0 Å². The molecule has 0 aromatic carbocycles. The van der Waals surface area contributed by atoms with Crippen LogP contribution in [-0.2, 0) is 16.0 Å². The van der Waals surface area contributed by atoms with Crippen molar-refractivity contribution in [1.82, 2.24) is 20.7 Å². The van der Waals surface area contributed by atoms with E-state index in [0.717, 1.165) is 25.0 Å². The number of alkyl carbamates (subject to hydrolysis) is 1. The molecule has 0 bridgehead atoms. The van der Waals surface area contributed by atoms with Crippen molar-refractivity contribution >= 4 is 17.8 Å². The van der Waals surface area contributed by atoms with E-state index in [9.17, 15) is 22.8 Å². The number of aromatic nitrogens is 3. The van der Waals surface area contributed by atoms with Gasteiger partial charge in [0.15, 0.2) is 5.82 Å². The smallest absolute Gasteiger partial charge is 0.407 e. The minimum Gasteiger partial charge on any atom is -0.449 e. The highest BCUT2D eigenvalue weighted by atomic mass is 19.4. The van der Waals surface area contributed by atoms with Crippen LogP contribution in [0.2, 0.25) is 0 Å². The summed E-state index contributed by atoms with van der Waals surface area (Å²) >= 11 is 0. The molecule has 2 amide bonds. The average Bonchev–Trinajstić information content (AvgIpc) is 3.39. The van der Waals surface area contributed by atoms with Gasteiger partial charge in [0.1, 0.15) is 6.26 Å². The van der Waals surface area contributed by atoms with Gasteiger partial charge in [-0.15, -0.1) is 0 Å². The van der Waals surface area contributed by atoms with E-state index in [1.54, 1.807) is 12.1 Å². The van der Waals surface area contributed by atoms with Gasteiger partial charge in [-0.2, -0.15) is 18.3 Å². The van der Waals surface area contributed by atoms with Crippen molar-refractivity contribution < 1.29 is 32.0 Å². The molecule has 0 aliphatic heterocycles. The van der Waals surface area contributed by atoms with E-state index in [2.05, 4.69) is 30.5 Å². The summed E-state index contributed by atoms with van der Waals surface area (Å²) in [5, 5.41) is 15.6. The van der Waals surface area contributed by atoms with Gasteiger partial charge in [-0.05, 0) is 32.1 Å². The highest BCUT2D eigenvalue weighted by Crippen LogP contribution is 2.38. The summed E-state index contributed by atoms with van der Waals surface area (Å²) < 4.78 is 46.7. The summed E-state index contributed by atoms with van der Waals surface area (Å²) in [6, 6.07) is 2.32. The van der Waals surface area contributed by atoms with E-state index >= 15 is 0 Å². The number of carbonyl (C=O) groups excluding carboxylic acids is 2. The molecule has 9 nitrogen and oxygen atoms in total. The molecule has 2 heterocycles. The topological polar surface area (TPSA) is 122 Å². The van der Waals surface area contributed by atoms with Gasteiger partial charge in [0.2, 0.25) is 5.91 Å². The number of hydrogen-bond donors (Lipinski definition) is 3. The minimum atomic E-state index is -4.34. The first-order valence-electron chi connectivity index (χ1n) is 9.92. The largest absolute Gasteiger partial charge is 0.449 e. The number of nitrogens with one attached hydrogen (secondary N) is 3. The molecule has 3 atom stereocenters. The number of alkyl halides is 3. The zero-order valence-corrected chi connectivity index (χ0v) is 16.9. The van der Waals surface area contributed by atoms with E-state index in [4.69, 9.17) is 4.74 Å². The number of ether oxygens (including phenoxy) is 1. The maximum Gasteiger partial charge on any atom is 0.407 e. The Hall–Kier alpha value is -3.05. The normalized spacial score (nSPS) is 19.7. The van der Waals surface area contributed by atoms with Crippen molar-refractivity contribution in [2.75, 3.05) is 11.9 Å². The van der Waals surface area contributed by atoms with E-state index < -0.39 is 24.7 Å². The Bertz CT molecular complexity index is 868. The van der Waals surface area contributed by atoms with Crippen LogP contribution in [0, 0.1) is 5.92 Å². The molecule has 3 rings (SSSR count). The van der Waals surface area contributed by atoms with E-state index in [1.165, 1.54) is 13.2 Å². The molecule has 31 heavy (non-hydrogen) atoms. The molecule has 2 unspecified atom stereocenters. The van der Waals surface area contributed by atoms with Gasteiger partial charge >= 0.3 is 12.3 Å². The lowest BCUT2D eigenvalue weighted by atomic mass is 10.0. The van der Waals surface area contributed by atoms with Gasteiger partial charge < -0.3 is 19.9 Å². The lowest BCUT2D eigenvalue weighted by molar-refractivity contribution is -0.138. The van der Waals surface area contributed by atoms with Gasteiger partial charge in [0.25, 0.3) is 0 Å². The summed E-state index contributed by atoms with van der Waals surface area (Å²) in [5.74, 6) is 0.397. The first-order chi connectivity index (χ1) is 14.7. The second-order valence-corrected chi connectivity index (χ2v) is 7.76. The van der Waals surface area contributed by atoms with Crippen molar-refractivity contribution in [2.45, 2.75) is 57.2 Å². The quantitative estimate of drug-likeness (QED) is 0.574. The van der Waals surface area contributed by atoms with E-state index in [0.29, 0.717) is 11.5 Å². The number of amides is 2. The number of carbonyl (C=O) groups is 2. The molecule has 170 valence electrons. The number of aromatic amines is 1. The Morgan fingerprint density at radius 3 is 2.90 bits per heavy atom. The van der Waals surface area contributed by atoms with Crippen LogP contribution in [0.25, 0.3) is 0 Å². The van der Waals surface area contributed by atoms with Gasteiger partial charge in [-0.25, -0.2) is 4.79 Å². The number of H-pyrrole nitrogens is 1. The van der Waals surface area contributed by atoms with Crippen LogP contribution < -0.4 is 10.6 Å². The molecule has 0 radical (unpaired) electrons. The molecular weight excluding hydrogens is 419 g/mol. The Morgan fingerprint density at radius 1 is 1.39 bits per heavy atom. The van der Waals surface area contributed by atoms with Gasteiger partial charge in [0.05, 0.1) is 25.1 Å². The highest BCUT2D eigenvalue weighted by Gasteiger charge is 2.31. The number of hydrogen-bond acceptors (Lipinski definition) is 6. The van der Waals surface area contributed by atoms with Crippen LogP contribution in [0.15, 0.2) is 22.9 Å². The fourth-order valence-electron chi connectivity index (χ4n) is 3.63. The summed E-state index contributed by atoms with van der Waals surface area (Å²) in [5.41, 5.74) is 1.38. The molecule has 12 heteroatoms. The average molecular weight is 443 g/mol. The SMILES string of the molecule is CC(CC(F)(F)F)NC(=O)OCC1CC[C@H](c2cc(NC(=O)Cc3ccon3)n[nH]2)C1. The second kappa shape index (κ2) is 9.84. The Balaban J connectivity index is 1.39. The summed E-state index contributed by atoms with van der Waals surface area (Å²) in [6.45, 7) is 1.41. The number of halogens is 3. The van der Waals surface area contributed by atoms with E-state index in [-0.39, 0.29) is 30.8 Å². The van der Waals surface area contributed by atoms with Crippen LogP contribution in [0.5, 0.6) is 0 Å². The third-order valence-corrected chi connectivity index (χ3v) is 5.03. The summed E-state index contributed by atoms with van der Waals surface area (Å²) in [4.78, 5) is 23.7. The third kappa shape index (κ3) is 7.30. The minimum absolute atomic E-state index is 0.0746. The maximum absolute atomic E-state index is 12.3. The predicted molar refractivity (Wildman–Crippen MR) is 102 cm³/mol. The Morgan fingerprint density at radius 2 is 2.19 bits per heavy atom. The van der Waals surface area contributed by atoms with Gasteiger partial charge in [0, 0.05) is 29.8 Å². The molecule has 1 saturated carbocycles. The van der Waals surface area contributed by atoms with Crippen LogP contribution in [0.3, 0.4) is 0 Å². The zero-order chi connectivity index (χ0) is 22.4. The van der Waals surface area contributed by atoms with Crippen LogP contribution >= 0.6 is 0 Å². The number of rotatable bonds is 8. The fraction of sp³-hybridized carbons (Fsp3) is 0.579. The fourth-order valence-corrected chi connectivity index (χ4v) is 3.63. The zero-order valence-electron chi connectivity index (χ0n) is 16.9. The standard InChI is InChI=1S/C19H24F3N5O4/c1-11(9-19(20,21)22)23-18(29)30-10-12-2-3-13(6-12)15-8-16(26-25-15)24-17(28)7-14-4-5-31-27-14/h4-5,8,11-13H,2-3,6-7,9-10H2,1H3,(H,23,29)(H2,24,25,26,28)/t11?,12?,13-/m0/s1. The molecule has 0 saturated heterocycles. The van der Waals surface area contributed by atoms with Crippen LogP contribution in [0.4, 0.5) is 23.8 Å². The summed E-state index contributed by atoms with van der Waals surface area (Å²) in [6.07, 6.45) is -2.45. The Kier molecular flexibility index (Phi) is 7.18. The maximum atomic E-state index is 12.3. The molecular formula is C19H24F3N5O4.